The summed E-state index contributed by atoms with van der Waals surface area (Å²) in [4.78, 5) is 39.7. The predicted molar refractivity (Wildman–Crippen MR) is 152 cm³/mol. The molecule has 0 saturated heterocycles. The third-order valence-corrected chi connectivity index (χ3v) is 7.09. The number of carbonyl (C=O) groups is 2. The van der Waals surface area contributed by atoms with Crippen LogP contribution in [-0.2, 0) is 10.1 Å². The van der Waals surface area contributed by atoms with E-state index in [1.54, 1.807) is 60.7 Å². The number of nitrogens with one attached hydrogen (secondary N) is 2. The summed E-state index contributed by atoms with van der Waals surface area (Å²) in [6.45, 7) is 0. The maximum absolute atomic E-state index is 13.0. The molecule has 11 nitrogen and oxygen atoms in total. The summed E-state index contributed by atoms with van der Waals surface area (Å²) in [5, 5.41) is 16.9. The van der Waals surface area contributed by atoms with Crippen molar-refractivity contribution in [1.29, 1.82) is 0 Å². The Bertz CT molecular complexity index is 1900. The van der Waals surface area contributed by atoms with Gasteiger partial charge in [0.05, 0.1) is 28.2 Å². The topological polar surface area (TPSA) is 169 Å². The maximum atomic E-state index is 13.0. The summed E-state index contributed by atoms with van der Waals surface area (Å²) in [6.07, 6.45) is 1.46. The molecule has 0 bridgehead atoms. The Morgan fingerprint density at radius 2 is 1.39 bits per heavy atom. The average molecular weight is 569 g/mol. The molecule has 204 valence electrons. The van der Waals surface area contributed by atoms with E-state index in [1.165, 1.54) is 42.6 Å². The van der Waals surface area contributed by atoms with E-state index in [2.05, 4.69) is 15.6 Å². The summed E-state index contributed by atoms with van der Waals surface area (Å²) in [5.41, 5.74) is 2.39. The quantitative estimate of drug-likeness (QED) is 0.130. The zero-order valence-electron chi connectivity index (χ0n) is 21.0. The van der Waals surface area contributed by atoms with Crippen molar-refractivity contribution in [2.24, 2.45) is 0 Å². The first-order valence-electron chi connectivity index (χ1n) is 12.0. The minimum atomic E-state index is -4.52. The molecule has 1 heterocycles. The summed E-state index contributed by atoms with van der Waals surface area (Å²) in [7, 11) is -4.52. The van der Waals surface area contributed by atoms with E-state index in [9.17, 15) is 32.7 Å². The second kappa shape index (κ2) is 11.0. The van der Waals surface area contributed by atoms with Gasteiger partial charge in [-0.25, -0.2) is 0 Å². The van der Waals surface area contributed by atoms with Gasteiger partial charge in [-0.15, -0.1) is 0 Å². The van der Waals surface area contributed by atoms with Crippen LogP contribution >= 0.6 is 0 Å². The number of amides is 2. The Morgan fingerprint density at radius 3 is 1.98 bits per heavy atom. The van der Waals surface area contributed by atoms with Gasteiger partial charge in [-0.1, -0.05) is 36.4 Å². The molecule has 5 rings (SSSR count). The van der Waals surface area contributed by atoms with Crippen LogP contribution in [0.3, 0.4) is 0 Å². The van der Waals surface area contributed by atoms with Crippen molar-refractivity contribution in [2.45, 2.75) is 4.90 Å². The molecule has 4 aromatic carbocycles. The van der Waals surface area contributed by atoms with Crippen LogP contribution < -0.4 is 10.6 Å². The third-order valence-electron chi connectivity index (χ3n) is 6.20. The Balaban J connectivity index is 1.29. The third kappa shape index (κ3) is 5.93. The van der Waals surface area contributed by atoms with Crippen LogP contribution in [0.5, 0.6) is 0 Å². The monoisotopic (exact) mass is 568 g/mol. The molecule has 1 aromatic heterocycles. The van der Waals surface area contributed by atoms with E-state index >= 15 is 0 Å². The van der Waals surface area contributed by atoms with E-state index < -0.39 is 26.9 Å². The molecule has 3 N–H and O–H groups in total. The van der Waals surface area contributed by atoms with E-state index in [1.807, 2.05) is 0 Å². The van der Waals surface area contributed by atoms with Gasteiger partial charge in [0.25, 0.3) is 27.6 Å². The number of hydrogen-bond donors (Lipinski definition) is 3. The number of nitro groups is 1. The lowest BCUT2D eigenvalue weighted by atomic mass is 10.1. The number of nitro benzene ring substituents is 1. The maximum Gasteiger partial charge on any atom is 0.295 e. The molecule has 0 spiro atoms. The van der Waals surface area contributed by atoms with Crippen LogP contribution in [0.2, 0.25) is 0 Å². The van der Waals surface area contributed by atoms with Crippen molar-refractivity contribution < 1.29 is 27.5 Å². The van der Waals surface area contributed by atoms with Gasteiger partial charge in [-0.05, 0) is 53.9 Å². The van der Waals surface area contributed by atoms with Gasteiger partial charge >= 0.3 is 0 Å². The fourth-order valence-electron chi connectivity index (χ4n) is 4.19. The zero-order valence-corrected chi connectivity index (χ0v) is 21.8. The van der Waals surface area contributed by atoms with E-state index in [4.69, 9.17) is 0 Å². The fourth-order valence-corrected chi connectivity index (χ4v) is 4.93. The highest BCUT2D eigenvalue weighted by atomic mass is 32.2. The number of fused-ring (bicyclic) bond motifs is 1. The number of rotatable bonds is 7. The number of hydrogen-bond acceptors (Lipinski definition) is 7. The molecule has 12 heteroatoms. The largest absolute Gasteiger partial charge is 0.321 e. The van der Waals surface area contributed by atoms with Crippen molar-refractivity contribution in [3.05, 3.63) is 124 Å². The molecule has 0 aliphatic rings. The number of aromatic nitrogens is 1. The number of non-ortho nitro benzene ring substituents is 1. The van der Waals surface area contributed by atoms with Crippen molar-refractivity contribution in [2.75, 3.05) is 10.6 Å². The lowest BCUT2D eigenvalue weighted by Gasteiger charge is -2.12. The molecule has 0 saturated carbocycles. The number of carbonyl (C=O) groups excluding carboxylic acids is 2. The Labute approximate surface area is 233 Å². The first kappa shape index (κ1) is 27.1. The summed E-state index contributed by atoms with van der Waals surface area (Å²) >= 11 is 0. The van der Waals surface area contributed by atoms with Crippen LogP contribution in [0.25, 0.3) is 22.0 Å². The minimum absolute atomic E-state index is 0.115. The highest BCUT2D eigenvalue weighted by Gasteiger charge is 2.18. The fraction of sp³-hybridized carbons (Fsp3) is 0. The van der Waals surface area contributed by atoms with Crippen LogP contribution in [0.1, 0.15) is 20.7 Å². The highest BCUT2D eigenvalue weighted by molar-refractivity contribution is 7.86. The SMILES string of the molecule is O=C(Nc1ccc(-c2ccc(C(=O)Nc3cccc4cccc(S(=O)(=O)O)c34)cc2)nc1)c1ccc([N+](=O)[O-])cc1. The molecule has 2 amide bonds. The van der Waals surface area contributed by atoms with Crippen molar-refractivity contribution >= 4 is 49.8 Å². The summed E-state index contributed by atoms with van der Waals surface area (Å²) in [6, 6.07) is 24.5. The summed E-state index contributed by atoms with van der Waals surface area (Å²) < 4.78 is 33.4. The lowest BCUT2D eigenvalue weighted by Crippen LogP contribution is -2.13. The molecular weight excluding hydrogens is 548 g/mol. The number of nitrogens with zero attached hydrogens (tertiary/aromatic N) is 2. The van der Waals surface area contributed by atoms with Crippen LogP contribution in [0.4, 0.5) is 17.1 Å². The van der Waals surface area contributed by atoms with Crippen molar-refractivity contribution in [3.8, 4) is 11.3 Å². The average Bonchev–Trinajstić information content (AvgIpc) is 2.97. The Morgan fingerprint density at radius 1 is 0.780 bits per heavy atom. The zero-order chi connectivity index (χ0) is 29.1. The standard InChI is InChI=1S/C29H20N4O7S/c34-28(21-11-14-23(15-12-21)33(36)37)31-22-13-16-24(30-17-22)18-7-9-20(10-8-18)29(35)32-25-5-1-3-19-4-2-6-26(27(19)25)41(38,39)40/h1-17H,(H,31,34)(H,32,35)(H,38,39,40). The second-order valence-corrected chi connectivity index (χ2v) is 10.2. The van der Waals surface area contributed by atoms with Crippen LogP contribution in [0, 0.1) is 10.1 Å². The van der Waals surface area contributed by atoms with Gasteiger partial charge in [-0.2, -0.15) is 8.42 Å². The number of anilines is 2. The molecule has 0 radical (unpaired) electrons. The van der Waals surface area contributed by atoms with E-state index in [-0.39, 0.29) is 27.2 Å². The van der Waals surface area contributed by atoms with Gasteiger partial charge in [0.1, 0.15) is 4.90 Å². The smallest absolute Gasteiger partial charge is 0.295 e. The van der Waals surface area contributed by atoms with Gasteiger partial charge in [0.15, 0.2) is 0 Å². The molecular formula is C29H20N4O7S. The molecule has 0 atom stereocenters. The predicted octanol–water partition coefficient (Wildman–Crippen LogP) is 5.56. The van der Waals surface area contributed by atoms with Gasteiger partial charge in [0, 0.05) is 34.2 Å². The van der Waals surface area contributed by atoms with E-state index in [0.29, 0.717) is 27.9 Å². The minimum Gasteiger partial charge on any atom is -0.321 e. The van der Waals surface area contributed by atoms with E-state index in [0.717, 1.165) is 0 Å². The molecule has 0 unspecified atom stereocenters. The summed E-state index contributed by atoms with van der Waals surface area (Å²) in [5.74, 6) is -0.925. The molecule has 0 aliphatic heterocycles. The number of pyridine rings is 1. The van der Waals surface area contributed by atoms with Gasteiger partial charge < -0.3 is 10.6 Å². The molecule has 0 fully saturated rings. The first-order valence-corrected chi connectivity index (χ1v) is 13.5. The molecule has 5 aromatic rings. The highest BCUT2D eigenvalue weighted by Crippen LogP contribution is 2.30. The first-order chi connectivity index (χ1) is 19.6. The van der Waals surface area contributed by atoms with Gasteiger partial charge in [0.2, 0.25) is 0 Å². The Hall–Kier alpha value is -5.46. The molecule has 41 heavy (non-hydrogen) atoms. The lowest BCUT2D eigenvalue weighted by molar-refractivity contribution is -0.384. The molecule has 0 aliphatic carbocycles. The van der Waals surface area contributed by atoms with Crippen molar-refractivity contribution in [3.63, 3.8) is 0 Å². The van der Waals surface area contributed by atoms with Crippen LogP contribution in [0.15, 0.2) is 108 Å². The number of benzene rings is 4. The Kier molecular flexibility index (Phi) is 7.25. The van der Waals surface area contributed by atoms with Crippen LogP contribution in [-0.4, -0.2) is 34.7 Å². The van der Waals surface area contributed by atoms with Crippen molar-refractivity contribution in [1.82, 2.24) is 4.98 Å². The van der Waals surface area contributed by atoms with Gasteiger partial charge in [-0.3, -0.25) is 29.2 Å². The second-order valence-electron chi connectivity index (χ2n) is 8.86. The normalized spacial score (nSPS) is 11.1.